The predicted octanol–water partition coefficient (Wildman–Crippen LogP) is 4.75. The zero-order valence-electron chi connectivity index (χ0n) is 17.9. The van der Waals surface area contributed by atoms with Crippen LogP contribution in [0.15, 0.2) is 41.6 Å². The molecule has 0 saturated carbocycles. The minimum absolute atomic E-state index is 0.0193. The highest BCUT2D eigenvalue weighted by Crippen LogP contribution is 2.29. The van der Waals surface area contributed by atoms with Crippen LogP contribution in [-0.2, 0) is 11.8 Å². The first-order chi connectivity index (χ1) is 14.1. The van der Waals surface area contributed by atoms with Crippen molar-refractivity contribution in [2.45, 2.75) is 46.0 Å². The molecule has 0 amide bonds. The molecule has 3 rings (SSSR count). The van der Waals surface area contributed by atoms with Crippen molar-refractivity contribution in [1.29, 1.82) is 0 Å². The molecule has 0 saturated heterocycles. The molecule has 0 radical (unpaired) electrons. The van der Waals surface area contributed by atoms with Crippen molar-refractivity contribution in [3.05, 3.63) is 59.4 Å². The Labute approximate surface area is 174 Å². The van der Waals surface area contributed by atoms with Crippen LogP contribution in [0.5, 0.6) is 0 Å². The molecule has 8 heteroatoms. The Kier molecular flexibility index (Phi) is 5.96. The van der Waals surface area contributed by atoms with Crippen LogP contribution in [0.2, 0.25) is 0 Å². The van der Waals surface area contributed by atoms with Crippen LogP contribution in [0.4, 0.5) is 8.78 Å². The first kappa shape index (κ1) is 21.5. The van der Waals surface area contributed by atoms with Gasteiger partial charge in [0.15, 0.2) is 11.5 Å². The Morgan fingerprint density at radius 3 is 2.63 bits per heavy atom. The fourth-order valence-corrected chi connectivity index (χ4v) is 3.22. The minimum atomic E-state index is -0.582. The van der Waals surface area contributed by atoms with Gasteiger partial charge in [-0.15, -0.1) is 10.2 Å². The molecule has 0 bridgehead atoms. The molecule has 3 aromatic rings. The average Bonchev–Trinajstić information content (AvgIpc) is 3.09. The van der Waals surface area contributed by atoms with Crippen LogP contribution in [0.1, 0.15) is 45.4 Å². The number of halogens is 2. The van der Waals surface area contributed by atoms with Crippen molar-refractivity contribution in [3.63, 3.8) is 0 Å². The van der Waals surface area contributed by atoms with Crippen molar-refractivity contribution >= 4 is 11.9 Å². The molecule has 6 nitrogen and oxygen atoms in total. The van der Waals surface area contributed by atoms with E-state index in [0.717, 1.165) is 35.2 Å². The number of hydrazone groups is 1. The van der Waals surface area contributed by atoms with Crippen molar-refractivity contribution < 1.29 is 8.78 Å². The molecule has 0 aliphatic carbocycles. The molecule has 0 aliphatic rings. The number of hydrogen-bond acceptors (Lipinski definition) is 5. The first-order valence-electron chi connectivity index (χ1n) is 9.73. The summed E-state index contributed by atoms with van der Waals surface area (Å²) in [5.74, 6) is -0.970. The fraction of sp³-hybridized carbons (Fsp3) is 0.364. The van der Waals surface area contributed by atoms with Gasteiger partial charge in [0.1, 0.15) is 11.6 Å². The first-order valence-corrected chi connectivity index (χ1v) is 9.73. The third-order valence-electron chi connectivity index (χ3n) is 4.84. The van der Waals surface area contributed by atoms with Gasteiger partial charge in [0, 0.05) is 19.0 Å². The molecule has 0 spiro atoms. The maximum absolute atomic E-state index is 14.3. The summed E-state index contributed by atoms with van der Waals surface area (Å²) in [5, 5.41) is 18.9. The smallest absolute Gasteiger partial charge is 0.188 e. The molecule has 1 aromatic carbocycles. The molecular formula is C22H26F2N6. The van der Waals surface area contributed by atoms with E-state index < -0.39 is 11.6 Å². The van der Waals surface area contributed by atoms with E-state index in [1.54, 1.807) is 11.2 Å². The normalized spacial score (nSPS) is 12.1. The number of benzene rings is 1. The second-order valence-corrected chi connectivity index (χ2v) is 8.14. The molecule has 2 aromatic heterocycles. The van der Waals surface area contributed by atoms with Gasteiger partial charge < -0.3 is 0 Å². The Hall–Kier alpha value is -3.16. The second kappa shape index (κ2) is 8.30. The van der Waals surface area contributed by atoms with E-state index in [2.05, 4.69) is 42.6 Å². The molecule has 0 fully saturated rings. The van der Waals surface area contributed by atoms with Crippen molar-refractivity contribution in [2.24, 2.45) is 5.10 Å². The lowest BCUT2D eigenvalue weighted by Crippen LogP contribution is -2.18. The summed E-state index contributed by atoms with van der Waals surface area (Å²) in [6, 6.07) is 5.15. The monoisotopic (exact) mass is 412 g/mol. The van der Waals surface area contributed by atoms with E-state index in [9.17, 15) is 8.78 Å². The Balaban J connectivity index is 2.08. The van der Waals surface area contributed by atoms with Crippen LogP contribution in [0, 0.1) is 11.6 Å². The van der Waals surface area contributed by atoms with Gasteiger partial charge in [-0.3, -0.25) is 5.01 Å². The number of allylic oxidation sites excluding steroid dienone is 1. The summed E-state index contributed by atoms with van der Waals surface area (Å²) in [6.45, 7) is 12.2. The number of aromatic nitrogens is 4. The van der Waals surface area contributed by atoms with Crippen LogP contribution in [0.25, 0.3) is 17.0 Å². The third-order valence-corrected chi connectivity index (χ3v) is 4.84. The summed E-state index contributed by atoms with van der Waals surface area (Å²) in [4.78, 5) is 0. The average molecular weight is 412 g/mol. The van der Waals surface area contributed by atoms with Gasteiger partial charge in [0.2, 0.25) is 0 Å². The Bertz CT molecular complexity index is 1110. The lowest BCUT2D eigenvalue weighted by Gasteiger charge is -2.23. The molecule has 158 valence electrons. The van der Waals surface area contributed by atoms with E-state index >= 15 is 0 Å². The lowest BCUT2D eigenvalue weighted by atomic mass is 9.85. The van der Waals surface area contributed by atoms with Crippen LogP contribution >= 0.6 is 0 Å². The van der Waals surface area contributed by atoms with Crippen LogP contribution < -0.4 is 0 Å². The third kappa shape index (κ3) is 4.37. The standard InChI is InChI=1S/C22H26F2N6/c1-7-25-29(6)14(2)8-11-19-17(22(3,4)5)13-20-26-27-21(30(20)28-19)16-12-15(23)9-10-18(16)24/h7,9-10,12-13H,2,8,11H2,1,3-6H3/b25-7-. The summed E-state index contributed by atoms with van der Waals surface area (Å²) < 4.78 is 29.5. The van der Waals surface area contributed by atoms with Gasteiger partial charge in [-0.1, -0.05) is 27.4 Å². The van der Waals surface area contributed by atoms with E-state index in [1.807, 2.05) is 20.0 Å². The SMILES string of the molecule is C=C(CCc1nn2c(-c3cc(F)ccc3F)nnc2cc1C(C)(C)C)N(C)/N=C\C. The van der Waals surface area contributed by atoms with Gasteiger partial charge in [0.25, 0.3) is 0 Å². The maximum Gasteiger partial charge on any atom is 0.188 e. The van der Waals surface area contributed by atoms with Gasteiger partial charge in [0.05, 0.1) is 11.3 Å². The minimum Gasteiger partial charge on any atom is -0.274 e. The highest BCUT2D eigenvalue weighted by molar-refractivity contribution is 5.60. The zero-order valence-corrected chi connectivity index (χ0v) is 17.9. The molecule has 0 unspecified atom stereocenters. The van der Waals surface area contributed by atoms with E-state index in [1.165, 1.54) is 4.52 Å². The Morgan fingerprint density at radius 2 is 1.97 bits per heavy atom. The summed E-state index contributed by atoms with van der Waals surface area (Å²) in [7, 11) is 1.84. The lowest BCUT2D eigenvalue weighted by molar-refractivity contribution is 0.429. The summed E-state index contributed by atoms with van der Waals surface area (Å²) in [5.41, 5.74) is 3.00. The van der Waals surface area contributed by atoms with Crippen molar-refractivity contribution in [3.8, 4) is 11.4 Å². The summed E-state index contributed by atoms with van der Waals surface area (Å²) in [6.07, 6.45) is 2.95. The molecule has 0 aliphatic heterocycles. The van der Waals surface area contributed by atoms with Gasteiger partial charge in [-0.25, -0.2) is 8.78 Å². The van der Waals surface area contributed by atoms with E-state index in [4.69, 9.17) is 5.10 Å². The number of aryl methyl sites for hydroxylation is 1. The van der Waals surface area contributed by atoms with Gasteiger partial charge in [-0.2, -0.15) is 14.7 Å². The van der Waals surface area contributed by atoms with Gasteiger partial charge >= 0.3 is 0 Å². The van der Waals surface area contributed by atoms with E-state index in [-0.39, 0.29) is 16.8 Å². The van der Waals surface area contributed by atoms with Gasteiger partial charge in [-0.05, 0) is 55.0 Å². The summed E-state index contributed by atoms with van der Waals surface area (Å²) >= 11 is 0. The largest absolute Gasteiger partial charge is 0.274 e. The highest BCUT2D eigenvalue weighted by atomic mass is 19.1. The molecule has 0 N–H and O–H groups in total. The number of rotatable bonds is 6. The number of fused-ring (bicyclic) bond motifs is 1. The highest BCUT2D eigenvalue weighted by Gasteiger charge is 2.23. The van der Waals surface area contributed by atoms with Crippen molar-refractivity contribution in [2.75, 3.05) is 7.05 Å². The number of hydrogen-bond donors (Lipinski definition) is 0. The van der Waals surface area contributed by atoms with Crippen LogP contribution in [0.3, 0.4) is 0 Å². The topological polar surface area (TPSA) is 58.7 Å². The second-order valence-electron chi connectivity index (χ2n) is 8.14. The van der Waals surface area contributed by atoms with Crippen molar-refractivity contribution in [1.82, 2.24) is 24.8 Å². The predicted molar refractivity (Wildman–Crippen MR) is 114 cm³/mol. The van der Waals surface area contributed by atoms with Crippen LogP contribution in [-0.4, -0.2) is 38.1 Å². The van der Waals surface area contributed by atoms with E-state index in [0.29, 0.717) is 18.5 Å². The fourth-order valence-electron chi connectivity index (χ4n) is 3.22. The molecular weight excluding hydrogens is 386 g/mol. The molecule has 0 atom stereocenters. The number of nitrogens with zero attached hydrogens (tertiary/aromatic N) is 6. The molecule has 2 heterocycles. The molecule has 30 heavy (non-hydrogen) atoms. The Morgan fingerprint density at radius 1 is 1.23 bits per heavy atom. The maximum atomic E-state index is 14.3. The zero-order chi connectivity index (χ0) is 22.1. The quantitative estimate of drug-likeness (QED) is 0.433.